The summed E-state index contributed by atoms with van der Waals surface area (Å²) in [5, 5.41) is 0.806. The van der Waals surface area contributed by atoms with Gasteiger partial charge < -0.3 is 15.7 Å². The average Bonchev–Trinajstić information content (AvgIpc) is 2.99. The number of nitrogens with one attached hydrogen (secondary N) is 2. The third kappa shape index (κ3) is 1.84. The predicted octanol–water partition coefficient (Wildman–Crippen LogP) is 3.14. The smallest absolute Gasteiger partial charge is 0.160 e. The highest BCUT2D eigenvalue weighted by atomic mass is 19.1. The second-order valence-corrected chi connectivity index (χ2v) is 5.03. The van der Waals surface area contributed by atoms with Gasteiger partial charge in [0, 0.05) is 22.2 Å². The number of hydrogen-bond donors (Lipinski definition) is 3. The van der Waals surface area contributed by atoms with Crippen LogP contribution in [-0.4, -0.2) is 19.9 Å². The van der Waals surface area contributed by atoms with Crippen molar-refractivity contribution in [1.82, 2.24) is 19.9 Å². The lowest BCUT2D eigenvalue weighted by Gasteiger charge is -2.01. The second-order valence-electron chi connectivity index (χ2n) is 5.03. The van der Waals surface area contributed by atoms with E-state index in [2.05, 4.69) is 19.9 Å². The molecular weight excluding hydrogens is 269 g/mol. The van der Waals surface area contributed by atoms with Gasteiger partial charge in [0.25, 0.3) is 0 Å². The molecule has 0 radical (unpaired) electrons. The minimum absolute atomic E-state index is 0.261. The van der Waals surface area contributed by atoms with Gasteiger partial charge in [-0.2, -0.15) is 0 Å². The molecule has 0 bridgehead atoms. The number of hydrogen-bond acceptors (Lipinski definition) is 3. The molecule has 6 heteroatoms. The maximum atomic E-state index is 13.3. The fourth-order valence-electron chi connectivity index (χ4n) is 2.58. The van der Waals surface area contributed by atoms with Crippen LogP contribution >= 0.6 is 0 Å². The number of halogens is 1. The van der Waals surface area contributed by atoms with Crippen LogP contribution in [0.4, 0.5) is 10.2 Å². The number of aryl methyl sites for hydroxylation is 1. The van der Waals surface area contributed by atoms with Gasteiger partial charge in [-0.05, 0) is 37.3 Å². The summed E-state index contributed by atoms with van der Waals surface area (Å²) < 4.78 is 13.3. The van der Waals surface area contributed by atoms with Crippen molar-refractivity contribution < 1.29 is 4.39 Å². The van der Waals surface area contributed by atoms with E-state index in [4.69, 9.17) is 5.73 Å². The minimum atomic E-state index is -0.261. The van der Waals surface area contributed by atoms with Crippen LogP contribution in [0.5, 0.6) is 0 Å². The Labute approximate surface area is 119 Å². The molecule has 4 N–H and O–H groups in total. The van der Waals surface area contributed by atoms with Crippen molar-refractivity contribution in [3.05, 3.63) is 42.0 Å². The number of aromatic amines is 2. The Balaban J connectivity index is 2.03. The average molecular weight is 281 g/mol. The van der Waals surface area contributed by atoms with Gasteiger partial charge in [0.05, 0.1) is 0 Å². The second kappa shape index (κ2) is 4.05. The molecule has 0 unspecified atom stereocenters. The lowest BCUT2D eigenvalue weighted by Crippen LogP contribution is -1.92. The summed E-state index contributed by atoms with van der Waals surface area (Å²) in [6.07, 6.45) is 0. The van der Waals surface area contributed by atoms with Crippen LogP contribution in [-0.2, 0) is 0 Å². The van der Waals surface area contributed by atoms with E-state index >= 15 is 0 Å². The molecule has 4 aromatic rings. The van der Waals surface area contributed by atoms with Crippen LogP contribution in [0.2, 0.25) is 0 Å². The fourth-order valence-corrected chi connectivity index (χ4v) is 2.58. The molecule has 0 saturated heterocycles. The van der Waals surface area contributed by atoms with E-state index in [-0.39, 0.29) is 5.82 Å². The predicted molar refractivity (Wildman–Crippen MR) is 80.3 cm³/mol. The van der Waals surface area contributed by atoms with Crippen LogP contribution in [0.1, 0.15) is 5.82 Å². The first-order valence-corrected chi connectivity index (χ1v) is 6.51. The highest BCUT2D eigenvalue weighted by Gasteiger charge is 2.13. The Bertz CT molecular complexity index is 982. The number of pyridine rings is 1. The Kier molecular flexibility index (Phi) is 2.29. The number of aromatic nitrogens is 4. The number of nitrogens with two attached hydrogens (primary N) is 1. The fraction of sp³-hybridized carbons (Fsp3) is 0.0667. The monoisotopic (exact) mass is 281 g/mol. The van der Waals surface area contributed by atoms with Gasteiger partial charge in [0.2, 0.25) is 0 Å². The molecule has 0 amide bonds. The van der Waals surface area contributed by atoms with E-state index in [0.29, 0.717) is 11.5 Å². The van der Waals surface area contributed by atoms with Crippen LogP contribution < -0.4 is 5.73 Å². The molecule has 1 aromatic carbocycles. The largest absolute Gasteiger partial charge is 0.384 e. The summed E-state index contributed by atoms with van der Waals surface area (Å²) >= 11 is 0. The molecule has 3 aromatic heterocycles. The third-order valence-electron chi connectivity index (χ3n) is 3.46. The summed E-state index contributed by atoms with van der Waals surface area (Å²) in [4.78, 5) is 15.0. The first kappa shape index (κ1) is 11.9. The van der Waals surface area contributed by atoms with Crippen molar-refractivity contribution in [2.75, 3.05) is 5.73 Å². The maximum Gasteiger partial charge on any atom is 0.160 e. The van der Waals surface area contributed by atoms with Crippen LogP contribution in [0.15, 0.2) is 30.3 Å². The quantitative estimate of drug-likeness (QED) is 0.501. The number of H-pyrrole nitrogens is 2. The van der Waals surface area contributed by atoms with Crippen LogP contribution in [0.25, 0.3) is 33.3 Å². The summed E-state index contributed by atoms with van der Waals surface area (Å²) in [7, 11) is 0. The van der Waals surface area contributed by atoms with Gasteiger partial charge in [-0.3, -0.25) is 0 Å². The number of nitrogen functional groups attached to an aromatic ring is 1. The van der Waals surface area contributed by atoms with Crippen molar-refractivity contribution in [2.24, 2.45) is 0 Å². The maximum absolute atomic E-state index is 13.3. The van der Waals surface area contributed by atoms with Crippen molar-refractivity contribution in [3.8, 4) is 11.3 Å². The standard InChI is InChI=1S/C15H12FN5/c1-7-18-14-10(6-13(17)21-15(14)19-7)12-5-8-4-9(16)2-3-11(8)20-12/h2-6,20H,1H3,(H3,17,18,19,21). The molecule has 104 valence electrons. The SMILES string of the molecule is Cc1nc2c(-c3cc4cc(F)ccc4[nH]3)cc(N)nc2[nH]1. The Morgan fingerprint density at radius 2 is 1.95 bits per heavy atom. The third-order valence-corrected chi connectivity index (χ3v) is 3.46. The molecule has 5 nitrogen and oxygen atoms in total. The molecule has 0 atom stereocenters. The minimum Gasteiger partial charge on any atom is -0.384 e. The molecule has 0 fully saturated rings. The number of rotatable bonds is 1. The van der Waals surface area contributed by atoms with Gasteiger partial charge in [-0.1, -0.05) is 0 Å². The Morgan fingerprint density at radius 1 is 1.10 bits per heavy atom. The summed E-state index contributed by atoms with van der Waals surface area (Å²) in [6, 6.07) is 8.29. The zero-order chi connectivity index (χ0) is 14.6. The first-order chi connectivity index (χ1) is 10.1. The van der Waals surface area contributed by atoms with E-state index in [1.54, 1.807) is 12.1 Å². The van der Waals surface area contributed by atoms with E-state index in [1.807, 2.05) is 13.0 Å². The number of nitrogens with zero attached hydrogens (tertiary/aromatic N) is 2. The normalized spacial score (nSPS) is 11.5. The highest BCUT2D eigenvalue weighted by molar-refractivity contribution is 5.95. The number of imidazole rings is 1. The van der Waals surface area contributed by atoms with E-state index in [0.717, 1.165) is 33.5 Å². The summed E-state index contributed by atoms with van der Waals surface area (Å²) in [5.41, 5.74) is 9.79. The number of fused-ring (bicyclic) bond motifs is 2. The lowest BCUT2D eigenvalue weighted by atomic mass is 10.1. The van der Waals surface area contributed by atoms with E-state index < -0.39 is 0 Å². The van der Waals surface area contributed by atoms with Gasteiger partial charge in [-0.15, -0.1) is 0 Å². The van der Waals surface area contributed by atoms with Crippen molar-refractivity contribution >= 4 is 27.9 Å². The molecule has 0 aliphatic carbocycles. The molecular formula is C15H12FN5. The van der Waals surface area contributed by atoms with Crippen LogP contribution in [0, 0.1) is 12.7 Å². The molecule has 0 saturated carbocycles. The van der Waals surface area contributed by atoms with Gasteiger partial charge in [0.1, 0.15) is 23.0 Å². The van der Waals surface area contributed by atoms with Crippen molar-refractivity contribution in [1.29, 1.82) is 0 Å². The van der Waals surface area contributed by atoms with Crippen molar-refractivity contribution in [2.45, 2.75) is 6.92 Å². The zero-order valence-corrected chi connectivity index (χ0v) is 11.2. The van der Waals surface area contributed by atoms with Crippen LogP contribution in [0.3, 0.4) is 0 Å². The summed E-state index contributed by atoms with van der Waals surface area (Å²) in [6.45, 7) is 1.86. The van der Waals surface area contributed by atoms with E-state index in [9.17, 15) is 4.39 Å². The number of benzene rings is 1. The molecule has 3 heterocycles. The van der Waals surface area contributed by atoms with Crippen molar-refractivity contribution in [3.63, 3.8) is 0 Å². The summed E-state index contributed by atoms with van der Waals surface area (Å²) in [5.74, 6) is 0.917. The zero-order valence-electron chi connectivity index (χ0n) is 11.2. The topological polar surface area (TPSA) is 83.4 Å². The van der Waals surface area contributed by atoms with Gasteiger partial charge in [0.15, 0.2) is 5.65 Å². The molecule has 0 aliphatic heterocycles. The van der Waals surface area contributed by atoms with Gasteiger partial charge in [-0.25, -0.2) is 14.4 Å². The molecule has 0 spiro atoms. The Hall–Kier alpha value is -2.89. The Morgan fingerprint density at radius 3 is 2.81 bits per heavy atom. The lowest BCUT2D eigenvalue weighted by molar-refractivity contribution is 0.630. The molecule has 21 heavy (non-hydrogen) atoms. The molecule has 0 aliphatic rings. The first-order valence-electron chi connectivity index (χ1n) is 6.51. The molecule has 4 rings (SSSR count). The van der Waals surface area contributed by atoms with E-state index in [1.165, 1.54) is 12.1 Å². The highest BCUT2D eigenvalue weighted by Crippen LogP contribution is 2.30. The number of anilines is 1. The van der Waals surface area contributed by atoms with Gasteiger partial charge >= 0.3 is 0 Å².